The Morgan fingerprint density at radius 3 is 2.43 bits per heavy atom. The van der Waals surface area contributed by atoms with Crippen molar-refractivity contribution in [3.63, 3.8) is 0 Å². The zero-order chi connectivity index (χ0) is 25.4. The summed E-state index contributed by atoms with van der Waals surface area (Å²) in [7, 11) is 0. The lowest BCUT2D eigenvalue weighted by Gasteiger charge is -2.20. The van der Waals surface area contributed by atoms with Crippen LogP contribution in [0.5, 0.6) is 0 Å². The topological polar surface area (TPSA) is 98.7 Å². The number of benzene rings is 1. The summed E-state index contributed by atoms with van der Waals surface area (Å²) in [6.07, 6.45) is -4.60. The molecular weight excluding hydrogens is 482 g/mol. The fourth-order valence-corrected chi connectivity index (χ4v) is 3.21. The molecule has 8 nitrogen and oxygen atoms in total. The number of hydrogen-bond acceptors (Lipinski definition) is 6. The largest absolute Gasteiger partial charge is 0.416 e. The Bertz CT molecular complexity index is 1350. The van der Waals surface area contributed by atoms with Crippen LogP contribution < -0.4 is 5.32 Å². The Balaban J connectivity index is 1.54. The van der Waals surface area contributed by atoms with E-state index in [1.807, 2.05) is 0 Å². The van der Waals surface area contributed by atoms with Gasteiger partial charge in [0.15, 0.2) is 11.5 Å². The third kappa shape index (κ3) is 5.15. The number of nitrogens with zero attached hydrogens (tertiary/aromatic N) is 5. The fourth-order valence-electron chi connectivity index (χ4n) is 3.21. The van der Waals surface area contributed by atoms with Gasteiger partial charge in [-0.25, -0.2) is 9.97 Å². The van der Waals surface area contributed by atoms with Crippen molar-refractivity contribution in [2.45, 2.75) is 25.3 Å². The van der Waals surface area contributed by atoms with Crippen LogP contribution in [0.2, 0.25) is 0 Å². The van der Waals surface area contributed by atoms with Crippen molar-refractivity contribution in [1.29, 1.82) is 0 Å². The zero-order valence-corrected chi connectivity index (χ0v) is 17.6. The predicted octanol–water partition coefficient (Wildman–Crippen LogP) is 5.23. The van der Waals surface area contributed by atoms with Crippen molar-refractivity contribution >= 4 is 11.6 Å². The van der Waals surface area contributed by atoms with Gasteiger partial charge in [0.1, 0.15) is 0 Å². The van der Waals surface area contributed by atoms with Gasteiger partial charge in [-0.2, -0.15) is 31.4 Å². The molecule has 0 aliphatic rings. The number of amides is 1. The van der Waals surface area contributed by atoms with Crippen LogP contribution in [-0.4, -0.2) is 30.8 Å². The van der Waals surface area contributed by atoms with Crippen molar-refractivity contribution in [2.24, 2.45) is 0 Å². The molecule has 0 bridgehead atoms. The fraction of sp³-hybridized carbons (Fsp3) is 0.190. The van der Waals surface area contributed by atoms with E-state index in [-0.39, 0.29) is 29.0 Å². The van der Waals surface area contributed by atoms with Crippen LogP contribution >= 0.6 is 0 Å². The normalized spacial score (nSPS) is 13.0. The molecule has 0 unspecified atom stereocenters. The van der Waals surface area contributed by atoms with Crippen LogP contribution in [-0.2, 0) is 12.4 Å². The summed E-state index contributed by atoms with van der Waals surface area (Å²) in [5, 5.41) is 10.0. The van der Waals surface area contributed by atoms with Gasteiger partial charge in [-0.1, -0.05) is 11.2 Å². The van der Waals surface area contributed by atoms with E-state index < -0.39 is 41.0 Å². The molecule has 3 heterocycles. The Labute approximate surface area is 192 Å². The maximum atomic E-state index is 13.5. The third-order valence-electron chi connectivity index (χ3n) is 4.92. The van der Waals surface area contributed by atoms with E-state index in [0.717, 1.165) is 10.7 Å². The first-order chi connectivity index (χ1) is 16.4. The van der Waals surface area contributed by atoms with Gasteiger partial charge in [-0.05, 0) is 30.7 Å². The molecule has 1 aromatic carbocycles. The minimum absolute atomic E-state index is 0.0661. The van der Waals surface area contributed by atoms with E-state index >= 15 is 0 Å². The summed E-state index contributed by atoms with van der Waals surface area (Å²) in [5.41, 5.74) is -3.27. The summed E-state index contributed by atoms with van der Waals surface area (Å²) in [6.45, 7) is 1.33. The molecule has 4 aromatic rings. The molecule has 35 heavy (non-hydrogen) atoms. The molecule has 1 atom stereocenters. The van der Waals surface area contributed by atoms with E-state index in [1.54, 1.807) is 6.07 Å². The number of aromatic nitrogens is 5. The third-order valence-corrected chi connectivity index (χ3v) is 4.92. The van der Waals surface area contributed by atoms with Gasteiger partial charge >= 0.3 is 12.4 Å². The van der Waals surface area contributed by atoms with Gasteiger partial charge in [0.05, 0.1) is 29.1 Å². The SMILES string of the molecule is C[C@H](c1ccc(C(F)(F)F)cc1C(F)(F)F)n1cc(NC(=O)c2cc(-c3ncccn3)on2)cn1. The van der Waals surface area contributed by atoms with Gasteiger partial charge in [-0.15, -0.1) is 0 Å². The van der Waals surface area contributed by atoms with E-state index in [1.165, 1.54) is 37.8 Å². The van der Waals surface area contributed by atoms with Crippen molar-refractivity contribution in [1.82, 2.24) is 24.9 Å². The molecule has 3 aromatic heterocycles. The lowest BCUT2D eigenvalue weighted by atomic mass is 9.98. The average Bonchev–Trinajstić information content (AvgIpc) is 3.48. The van der Waals surface area contributed by atoms with Gasteiger partial charge < -0.3 is 9.84 Å². The molecule has 0 saturated carbocycles. The second kappa shape index (κ2) is 8.85. The maximum Gasteiger partial charge on any atom is 0.416 e. The van der Waals surface area contributed by atoms with Gasteiger partial charge in [0.2, 0.25) is 5.76 Å². The molecular formula is C21H14F6N6O2. The molecule has 0 saturated heterocycles. The van der Waals surface area contributed by atoms with Crippen LogP contribution in [0.3, 0.4) is 0 Å². The van der Waals surface area contributed by atoms with Crippen LogP contribution in [0, 0.1) is 0 Å². The average molecular weight is 496 g/mol. The van der Waals surface area contributed by atoms with E-state index in [0.29, 0.717) is 6.07 Å². The highest BCUT2D eigenvalue weighted by molar-refractivity contribution is 6.03. The molecule has 14 heteroatoms. The quantitative estimate of drug-likeness (QED) is 0.380. The number of rotatable bonds is 5. The number of anilines is 1. The molecule has 0 spiro atoms. The molecule has 0 fully saturated rings. The predicted molar refractivity (Wildman–Crippen MR) is 108 cm³/mol. The van der Waals surface area contributed by atoms with E-state index in [2.05, 4.69) is 25.5 Å². The molecule has 1 N–H and O–H groups in total. The highest BCUT2D eigenvalue weighted by atomic mass is 19.4. The second-order valence-corrected chi connectivity index (χ2v) is 7.29. The van der Waals surface area contributed by atoms with Crippen molar-refractivity contribution in [3.8, 4) is 11.6 Å². The summed E-state index contributed by atoms with van der Waals surface area (Å²) in [4.78, 5) is 20.4. The van der Waals surface area contributed by atoms with Crippen molar-refractivity contribution in [2.75, 3.05) is 5.32 Å². The Kier molecular flexibility index (Phi) is 6.05. The minimum Gasteiger partial charge on any atom is -0.352 e. The maximum absolute atomic E-state index is 13.5. The molecule has 0 aliphatic carbocycles. The summed E-state index contributed by atoms with van der Waals surface area (Å²) in [6, 6.07) is 3.19. The molecule has 1 amide bonds. The van der Waals surface area contributed by atoms with Crippen LogP contribution in [0.15, 0.2) is 59.6 Å². The van der Waals surface area contributed by atoms with Crippen molar-refractivity contribution < 1.29 is 35.7 Å². The number of hydrogen-bond donors (Lipinski definition) is 1. The Morgan fingerprint density at radius 2 is 1.77 bits per heavy atom. The first-order valence-corrected chi connectivity index (χ1v) is 9.81. The number of carbonyl (C=O) groups excluding carboxylic acids is 1. The first kappa shape index (κ1) is 23.9. The molecule has 0 radical (unpaired) electrons. The smallest absolute Gasteiger partial charge is 0.352 e. The highest BCUT2D eigenvalue weighted by Crippen LogP contribution is 2.39. The van der Waals surface area contributed by atoms with Gasteiger partial charge in [0, 0.05) is 24.7 Å². The number of alkyl halides is 6. The van der Waals surface area contributed by atoms with E-state index in [4.69, 9.17) is 4.52 Å². The highest BCUT2D eigenvalue weighted by Gasteiger charge is 2.39. The number of halogens is 6. The lowest BCUT2D eigenvalue weighted by molar-refractivity contribution is -0.143. The summed E-state index contributed by atoms with van der Waals surface area (Å²) >= 11 is 0. The number of carbonyl (C=O) groups is 1. The van der Waals surface area contributed by atoms with Crippen LogP contribution in [0.25, 0.3) is 11.6 Å². The van der Waals surface area contributed by atoms with Crippen molar-refractivity contribution in [3.05, 3.63) is 77.5 Å². The first-order valence-electron chi connectivity index (χ1n) is 9.81. The van der Waals surface area contributed by atoms with E-state index in [9.17, 15) is 31.1 Å². The summed E-state index contributed by atoms with van der Waals surface area (Å²) < 4.78 is 85.4. The minimum atomic E-state index is -5.03. The zero-order valence-electron chi connectivity index (χ0n) is 17.6. The standard InChI is InChI=1S/C21H14F6N6O2/c1-11(14-4-3-12(20(22,23)24)7-15(14)21(25,26)27)33-10-13(9-30-33)31-19(34)16-8-17(35-32-16)18-28-5-2-6-29-18/h2-11H,1H3,(H,31,34)/t11-/m1/s1. The number of nitrogens with one attached hydrogen (secondary N) is 1. The van der Waals surface area contributed by atoms with Gasteiger partial charge in [0.25, 0.3) is 5.91 Å². The Morgan fingerprint density at radius 1 is 1.06 bits per heavy atom. The summed E-state index contributed by atoms with van der Waals surface area (Å²) in [5.74, 6) is -0.353. The molecule has 182 valence electrons. The molecule has 4 rings (SSSR count). The lowest BCUT2D eigenvalue weighted by Crippen LogP contribution is -2.17. The van der Waals surface area contributed by atoms with Crippen LogP contribution in [0.4, 0.5) is 32.0 Å². The Hall–Kier alpha value is -4.23. The second-order valence-electron chi connectivity index (χ2n) is 7.29. The monoisotopic (exact) mass is 496 g/mol. The van der Waals surface area contributed by atoms with Crippen LogP contribution in [0.1, 0.15) is 40.1 Å². The van der Waals surface area contributed by atoms with Gasteiger partial charge in [-0.3, -0.25) is 9.48 Å². The molecule has 0 aliphatic heterocycles.